The summed E-state index contributed by atoms with van der Waals surface area (Å²) in [7, 11) is 0. The molecule has 1 saturated heterocycles. The smallest absolute Gasteiger partial charge is 0.228 e. The van der Waals surface area contributed by atoms with Gasteiger partial charge >= 0.3 is 0 Å². The highest BCUT2D eigenvalue weighted by Gasteiger charge is 2.12. The lowest BCUT2D eigenvalue weighted by atomic mass is 10.1. The summed E-state index contributed by atoms with van der Waals surface area (Å²) in [5.74, 6) is 0.755. The number of nitrogens with zero attached hydrogens (tertiary/aromatic N) is 1. The average molecular weight is 354 g/mol. The SMILES string of the molecule is CC(C)Oc1cccc(CC(=O)Nc2cccc(N3CCOCC3)c2)c1. The van der Waals surface area contributed by atoms with Crippen LogP contribution in [0.15, 0.2) is 48.5 Å². The molecule has 0 spiro atoms. The number of amides is 1. The van der Waals surface area contributed by atoms with Gasteiger partial charge in [0.1, 0.15) is 5.75 Å². The zero-order chi connectivity index (χ0) is 18.4. The number of anilines is 2. The third-order valence-corrected chi connectivity index (χ3v) is 4.14. The molecule has 1 aliphatic heterocycles. The summed E-state index contributed by atoms with van der Waals surface area (Å²) in [4.78, 5) is 14.7. The molecule has 2 aromatic rings. The highest BCUT2D eigenvalue weighted by molar-refractivity contribution is 5.92. The number of carbonyl (C=O) groups is 1. The van der Waals surface area contributed by atoms with Crippen molar-refractivity contribution in [1.29, 1.82) is 0 Å². The van der Waals surface area contributed by atoms with Crippen molar-refractivity contribution >= 4 is 17.3 Å². The molecule has 0 aliphatic carbocycles. The summed E-state index contributed by atoms with van der Waals surface area (Å²) in [5.41, 5.74) is 2.86. The molecule has 1 amide bonds. The van der Waals surface area contributed by atoms with Crippen molar-refractivity contribution < 1.29 is 14.3 Å². The lowest BCUT2D eigenvalue weighted by molar-refractivity contribution is -0.115. The van der Waals surface area contributed by atoms with E-state index < -0.39 is 0 Å². The van der Waals surface area contributed by atoms with Gasteiger partial charge < -0.3 is 19.7 Å². The fraction of sp³-hybridized carbons (Fsp3) is 0.381. The van der Waals surface area contributed by atoms with Crippen LogP contribution in [0, 0.1) is 0 Å². The van der Waals surface area contributed by atoms with E-state index in [-0.39, 0.29) is 12.0 Å². The first kappa shape index (κ1) is 18.3. The van der Waals surface area contributed by atoms with Gasteiger partial charge in [0.15, 0.2) is 0 Å². The van der Waals surface area contributed by atoms with Crippen molar-refractivity contribution in [2.45, 2.75) is 26.4 Å². The summed E-state index contributed by atoms with van der Waals surface area (Å²) in [6.45, 7) is 7.21. The lowest BCUT2D eigenvalue weighted by Crippen LogP contribution is -2.36. The molecular weight excluding hydrogens is 328 g/mol. The molecule has 1 N–H and O–H groups in total. The second kappa shape index (κ2) is 8.72. The van der Waals surface area contributed by atoms with Gasteiger partial charge in [-0.25, -0.2) is 0 Å². The summed E-state index contributed by atoms with van der Waals surface area (Å²) < 4.78 is 11.1. The van der Waals surface area contributed by atoms with Crippen LogP contribution in [0.3, 0.4) is 0 Å². The van der Waals surface area contributed by atoms with E-state index in [9.17, 15) is 4.79 Å². The maximum Gasteiger partial charge on any atom is 0.228 e. The number of ether oxygens (including phenoxy) is 2. The van der Waals surface area contributed by atoms with E-state index >= 15 is 0 Å². The first-order valence-corrected chi connectivity index (χ1v) is 9.08. The second-order valence-electron chi connectivity index (χ2n) is 6.69. The number of carbonyl (C=O) groups excluding carboxylic acids is 1. The zero-order valence-electron chi connectivity index (χ0n) is 15.4. The van der Waals surface area contributed by atoms with Crippen molar-refractivity contribution in [2.75, 3.05) is 36.5 Å². The van der Waals surface area contributed by atoms with Gasteiger partial charge in [-0.05, 0) is 49.7 Å². The normalized spacial score (nSPS) is 14.3. The van der Waals surface area contributed by atoms with Crippen molar-refractivity contribution in [2.24, 2.45) is 0 Å². The van der Waals surface area contributed by atoms with Crippen LogP contribution in [0.1, 0.15) is 19.4 Å². The number of benzene rings is 2. The molecule has 0 radical (unpaired) electrons. The van der Waals surface area contributed by atoms with Crippen molar-refractivity contribution in [3.8, 4) is 5.75 Å². The van der Waals surface area contributed by atoms with Crippen LogP contribution >= 0.6 is 0 Å². The number of rotatable bonds is 6. The first-order chi connectivity index (χ1) is 12.6. The van der Waals surface area contributed by atoms with E-state index in [0.717, 1.165) is 49.0 Å². The fourth-order valence-electron chi connectivity index (χ4n) is 2.99. The van der Waals surface area contributed by atoms with Crippen molar-refractivity contribution in [3.63, 3.8) is 0 Å². The fourth-order valence-corrected chi connectivity index (χ4v) is 2.99. The molecule has 1 fully saturated rings. The van der Waals surface area contributed by atoms with Crippen LogP contribution in [0.4, 0.5) is 11.4 Å². The molecular formula is C21H26N2O3. The van der Waals surface area contributed by atoms with Crippen LogP contribution < -0.4 is 15.0 Å². The van der Waals surface area contributed by atoms with Gasteiger partial charge in [-0.15, -0.1) is 0 Å². The summed E-state index contributed by atoms with van der Waals surface area (Å²) in [5, 5.41) is 2.99. The van der Waals surface area contributed by atoms with Crippen molar-refractivity contribution in [1.82, 2.24) is 0 Å². The Morgan fingerprint density at radius 1 is 1.15 bits per heavy atom. The minimum Gasteiger partial charge on any atom is -0.491 e. The molecule has 0 saturated carbocycles. The quantitative estimate of drug-likeness (QED) is 0.863. The van der Waals surface area contributed by atoms with Crippen LogP contribution in [0.5, 0.6) is 5.75 Å². The molecule has 5 heteroatoms. The average Bonchev–Trinajstić information content (AvgIpc) is 2.62. The Morgan fingerprint density at radius 3 is 2.69 bits per heavy atom. The van der Waals surface area contributed by atoms with Crippen molar-refractivity contribution in [3.05, 3.63) is 54.1 Å². The molecule has 1 aliphatic rings. The van der Waals surface area contributed by atoms with Gasteiger partial charge in [0.2, 0.25) is 5.91 Å². The number of nitrogens with one attached hydrogen (secondary N) is 1. The number of morpholine rings is 1. The van der Waals surface area contributed by atoms with E-state index in [1.807, 2.05) is 56.3 Å². The number of hydrogen-bond donors (Lipinski definition) is 1. The Bertz CT molecular complexity index is 740. The van der Waals surface area contributed by atoms with Gasteiger partial charge in [0.05, 0.1) is 25.7 Å². The lowest BCUT2D eigenvalue weighted by Gasteiger charge is -2.29. The first-order valence-electron chi connectivity index (χ1n) is 9.08. The molecule has 0 aromatic heterocycles. The van der Waals surface area contributed by atoms with E-state index in [1.165, 1.54) is 0 Å². The Hall–Kier alpha value is -2.53. The molecule has 1 heterocycles. The molecule has 2 aromatic carbocycles. The maximum absolute atomic E-state index is 12.4. The van der Waals surface area contributed by atoms with Crippen LogP contribution in [0.2, 0.25) is 0 Å². The summed E-state index contributed by atoms with van der Waals surface area (Å²) in [6, 6.07) is 15.7. The third kappa shape index (κ3) is 5.23. The van der Waals surface area contributed by atoms with Crippen LogP contribution in [0.25, 0.3) is 0 Å². The molecule has 5 nitrogen and oxygen atoms in total. The standard InChI is InChI=1S/C21H26N2O3/c1-16(2)26-20-8-3-5-17(13-20)14-21(24)22-18-6-4-7-19(15-18)23-9-11-25-12-10-23/h3-8,13,15-16H,9-12,14H2,1-2H3,(H,22,24). The van der Waals surface area contributed by atoms with Crippen LogP contribution in [-0.2, 0) is 16.0 Å². The number of hydrogen-bond acceptors (Lipinski definition) is 4. The van der Waals surface area contributed by atoms with E-state index in [2.05, 4.69) is 16.3 Å². The van der Waals surface area contributed by atoms with Gasteiger partial charge in [0.25, 0.3) is 0 Å². The van der Waals surface area contributed by atoms with Gasteiger partial charge in [-0.1, -0.05) is 18.2 Å². The Kier molecular flexibility index (Phi) is 6.12. The Labute approximate surface area is 154 Å². The maximum atomic E-state index is 12.4. The molecule has 0 atom stereocenters. The molecule has 26 heavy (non-hydrogen) atoms. The predicted octanol–water partition coefficient (Wildman–Crippen LogP) is 3.49. The monoisotopic (exact) mass is 354 g/mol. The zero-order valence-corrected chi connectivity index (χ0v) is 15.4. The molecule has 0 bridgehead atoms. The van der Waals surface area contributed by atoms with Gasteiger partial charge in [0, 0.05) is 24.5 Å². The molecule has 3 rings (SSSR count). The molecule has 138 valence electrons. The summed E-state index contributed by atoms with van der Waals surface area (Å²) in [6.07, 6.45) is 0.430. The largest absolute Gasteiger partial charge is 0.491 e. The highest BCUT2D eigenvalue weighted by atomic mass is 16.5. The minimum absolute atomic E-state index is 0.0363. The van der Waals surface area contributed by atoms with E-state index in [1.54, 1.807) is 0 Å². The second-order valence-corrected chi connectivity index (χ2v) is 6.69. The van der Waals surface area contributed by atoms with E-state index in [0.29, 0.717) is 6.42 Å². The van der Waals surface area contributed by atoms with Crippen LogP contribution in [-0.4, -0.2) is 38.3 Å². The van der Waals surface area contributed by atoms with Gasteiger partial charge in [-0.3, -0.25) is 4.79 Å². The Balaban J connectivity index is 1.61. The Morgan fingerprint density at radius 2 is 1.92 bits per heavy atom. The predicted molar refractivity (Wildman–Crippen MR) is 104 cm³/mol. The van der Waals surface area contributed by atoms with E-state index in [4.69, 9.17) is 9.47 Å². The highest BCUT2D eigenvalue weighted by Crippen LogP contribution is 2.21. The molecule has 0 unspecified atom stereocenters. The van der Waals surface area contributed by atoms with Gasteiger partial charge in [-0.2, -0.15) is 0 Å². The third-order valence-electron chi connectivity index (χ3n) is 4.14. The summed E-state index contributed by atoms with van der Waals surface area (Å²) >= 11 is 0. The minimum atomic E-state index is -0.0363. The topological polar surface area (TPSA) is 50.8 Å².